The molecule has 2 atom stereocenters. The van der Waals surface area contributed by atoms with E-state index in [2.05, 4.69) is 5.32 Å². The predicted octanol–water partition coefficient (Wildman–Crippen LogP) is 1.96. The van der Waals surface area contributed by atoms with Gasteiger partial charge in [-0.1, -0.05) is 18.2 Å². The van der Waals surface area contributed by atoms with Gasteiger partial charge in [0.15, 0.2) is 6.61 Å². The van der Waals surface area contributed by atoms with Gasteiger partial charge >= 0.3 is 5.97 Å². The lowest BCUT2D eigenvalue weighted by Gasteiger charge is -2.14. The highest BCUT2D eigenvalue weighted by molar-refractivity contribution is 6.05. The Labute approximate surface area is 161 Å². The van der Waals surface area contributed by atoms with E-state index in [4.69, 9.17) is 4.74 Å². The maximum atomic E-state index is 13.5. The first-order valence-electron chi connectivity index (χ1n) is 9.08. The number of carbonyl (C=O) groups excluding carboxylic acids is 4. The average Bonchev–Trinajstić information content (AvgIpc) is 2.92. The van der Waals surface area contributed by atoms with E-state index in [9.17, 15) is 23.6 Å². The molecule has 1 fully saturated rings. The number of anilines is 1. The van der Waals surface area contributed by atoms with Crippen molar-refractivity contribution in [1.29, 1.82) is 0 Å². The molecule has 1 aromatic rings. The average molecular weight is 388 g/mol. The number of rotatable bonds is 6. The number of nitrogens with one attached hydrogen (secondary N) is 1. The molecule has 0 radical (unpaired) electrons. The molecule has 0 spiro atoms. The Morgan fingerprint density at radius 2 is 1.82 bits per heavy atom. The number of ether oxygens (including phenoxy) is 1. The summed E-state index contributed by atoms with van der Waals surface area (Å²) in [6.07, 6.45) is 4.67. The number of fused-ring (bicyclic) bond motifs is 1. The quantitative estimate of drug-likeness (QED) is 0.457. The van der Waals surface area contributed by atoms with Crippen LogP contribution in [0.15, 0.2) is 30.4 Å². The molecular formula is C20H21FN2O5. The third-order valence-electron chi connectivity index (χ3n) is 4.96. The van der Waals surface area contributed by atoms with Crippen molar-refractivity contribution in [3.05, 3.63) is 41.7 Å². The second-order valence-electron chi connectivity index (χ2n) is 6.91. The standard InChI is InChI=1S/C20H21FN2O5/c1-12-6-7-13(10-16(12)21)22-17(24)11-28-18(25)8-9-23-19(26)14-4-2-3-5-15(14)20(23)27/h2-3,6-7,10,14-15H,4-5,8-9,11H2,1H3,(H,22,24)/t14-,15-/m0/s1. The van der Waals surface area contributed by atoms with Gasteiger partial charge in [0.05, 0.1) is 18.3 Å². The van der Waals surface area contributed by atoms with Gasteiger partial charge in [0.25, 0.3) is 5.91 Å². The summed E-state index contributed by atoms with van der Waals surface area (Å²) in [5.74, 6) is -2.95. The van der Waals surface area contributed by atoms with Crippen molar-refractivity contribution in [3.8, 4) is 0 Å². The molecule has 0 aromatic heterocycles. The van der Waals surface area contributed by atoms with E-state index in [0.29, 0.717) is 18.4 Å². The van der Waals surface area contributed by atoms with Crippen LogP contribution in [0.2, 0.25) is 0 Å². The van der Waals surface area contributed by atoms with Crippen molar-refractivity contribution in [2.24, 2.45) is 11.8 Å². The Bertz CT molecular complexity index is 825. The number of amides is 3. The number of allylic oxidation sites excluding steroid dienone is 2. The molecule has 3 amide bonds. The highest BCUT2D eigenvalue weighted by atomic mass is 19.1. The van der Waals surface area contributed by atoms with Gasteiger partial charge in [-0.05, 0) is 37.5 Å². The van der Waals surface area contributed by atoms with Crippen molar-refractivity contribution in [2.75, 3.05) is 18.5 Å². The van der Waals surface area contributed by atoms with Crippen molar-refractivity contribution < 1.29 is 28.3 Å². The van der Waals surface area contributed by atoms with Gasteiger partial charge in [-0.3, -0.25) is 24.1 Å². The van der Waals surface area contributed by atoms with E-state index in [1.54, 1.807) is 6.92 Å². The molecule has 1 heterocycles. The lowest BCUT2D eigenvalue weighted by Crippen LogP contribution is -2.33. The maximum Gasteiger partial charge on any atom is 0.308 e. The van der Waals surface area contributed by atoms with E-state index in [-0.39, 0.29) is 42.3 Å². The fraction of sp³-hybridized carbons (Fsp3) is 0.400. The summed E-state index contributed by atoms with van der Waals surface area (Å²) in [7, 11) is 0. The number of aryl methyl sites for hydroxylation is 1. The number of halogens is 1. The molecule has 8 heteroatoms. The molecule has 1 N–H and O–H groups in total. The Hall–Kier alpha value is -3.03. The number of nitrogens with zero attached hydrogens (tertiary/aromatic N) is 1. The molecule has 0 unspecified atom stereocenters. The minimum absolute atomic E-state index is 0.0612. The van der Waals surface area contributed by atoms with Crippen molar-refractivity contribution in [1.82, 2.24) is 4.90 Å². The van der Waals surface area contributed by atoms with Crippen LogP contribution in [0, 0.1) is 24.6 Å². The zero-order valence-electron chi connectivity index (χ0n) is 15.4. The van der Waals surface area contributed by atoms with Crippen LogP contribution < -0.4 is 5.32 Å². The van der Waals surface area contributed by atoms with Crippen LogP contribution in [0.4, 0.5) is 10.1 Å². The van der Waals surface area contributed by atoms with E-state index in [0.717, 1.165) is 4.90 Å². The fourth-order valence-electron chi connectivity index (χ4n) is 3.38. The number of likely N-dealkylation sites (tertiary alicyclic amines) is 1. The maximum absolute atomic E-state index is 13.5. The Morgan fingerprint density at radius 3 is 2.43 bits per heavy atom. The van der Waals surface area contributed by atoms with Crippen molar-refractivity contribution in [2.45, 2.75) is 26.2 Å². The summed E-state index contributed by atoms with van der Waals surface area (Å²) < 4.78 is 18.3. The van der Waals surface area contributed by atoms with Gasteiger partial charge in [0.2, 0.25) is 11.8 Å². The van der Waals surface area contributed by atoms with Crippen LogP contribution in [0.5, 0.6) is 0 Å². The number of esters is 1. The summed E-state index contributed by atoms with van der Waals surface area (Å²) in [5, 5.41) is 2.43. The Kier molecular flexibility index (Phi) is 5.87. The van der Waals surface area contributed by atoms with Gasteiger partial charge in [-0.25, -0.2) is 4.39 Å². The molecule has 0 saturated carbocycles. The minimum Gasteiger partial charge on any atom is -0.456 e. The summed E-state index contributed by atoms with van der Waals surface area (Å²) >= 11 is 0. The first-order valence-corrected chi connectivity index (χ1v) is 9.08. The topological polar surface area (TPSA) is 92.8 Å². The first kappa shape index (κ1) is 19.7. The molecule has 1 aromatic carbocycles. The van der Waals surface area contributed by atoms with E-state index in [1.165, 1.54) is 18.2 Å². The van der Waals surface area contributed by atoms with Crippen molar-refractivity contribution >= 4 is 29.4 Å². The number of carbonyl (C=O) groups is 4. The number of hydrogen-bond donors (Lipinski definition) is 1. The molecule has 0 bridgehead atoms. The lowest BCUT2D eigenvalue weighted by molar-refractivity contribution is -0.148. The lowest BCUT2D eigenvalue weighted by atomic mass is 9.85. The van der Waals surface area contributed by atoms with Gasteiger partial charge in [-0.2, -0.15) is 0 Å². The summed E-state index contributed by atoms with van der Waals surface area (Å²) in [6, 6.07) is 4.24. The van der Waals surface area contributed by atoms with Crippen molar-refractivity contribution in [3.63, 3.8) is 0 Å². The zero-order valence-corrected chi connectivity index (χ0v) is 15.4. The zero-order chi connectivity index (χ0) is 20.3. The third-order valence-corrected chi connectivity index (χ3v) is 4.96. The van der Waals surface area contributed by atoms with Crippen LogP contribution in [0.3, 0.4) is 0 Å². The monoisotopic (exact) mass is 388 g/mol. The van der Waals surface area contributed by atoms with Crippen LogP contribution in [0.25, 0.3) is 0 Å². The van der Waals surface area contributed by atoms with Crippen LogP contribution in [0.1, 0.15) is 24.8 Å². The normalized spacial score (nSPS) is 20.9. The van der Waals surface area contributed by atoms with Crippen LogP contribution in [-0.2, 0) is 23.9 Å². The second kappa shape index (κ2) is 8.33. The van der Waals surface area contributed by atoms with Crippen LogP contribution in [-0.4, -0.2) is 41.7 Å². The molecular weight excluding hydrogens is 367 g/mol. The number of hydrogen-bond acceptors (Lipinski definition) is 5. The summed E-state index contributed by atoms with van der Waals surface area (Å²) in [5.41, 5.74) is 0.708. The Morgan fingerprint density at radius 1 is 1.18 bits per heavy atom. The van der Waals surface area contributed by atoms with Gasteiger partial charge in [0.1, 0.15) is 5.82 Å². The fourth-order valence-corrected chi connectivity index (χ4v) is 3.38. The SMILES string of the molecule is Cc1ccc(NC(=O)COC(=O)CCN2C(=O)[C@H]3CC=CC[C@@H]3C2=O)cc1F. The minimum atomic E-state index is -0.696. The van der Waals surface area contributed by atoms with Gasteiger partial charge in [0, 0.05) is 12.2 Å². The van der Waals surface area contributed by atoms with E-state index >= 15 is 0 Å². The summed E-state index contributed by atoms with van der Waals surface area (Å²) in [6.45, 7) is 1.00. The molecule has 3 rings (SSSR count). The molecule has 7 nitrogen and oxygen atoms in total. The smallest absolute Gasteiger partial charge is 0.308 e. The van der Waals surface area contributed by atoms with Crippen LogP contribution >= 0.6 is 0 Å². The van der Waals surface area contributed by atoms with Gasteiger partial charge < -0.3 is 10.1 Å². The molecule has 1 aliphatic carbocycles. The highest BCUT2D eigenvalue weighted by Crippen LogP contribution is 2.34. The third kappa shape index (κ3) is 4.27. The second-order valence-corrected chi connectivity index (χ2v) is 6.91. The molecule has 28 heavy (non-hydrogen) atoms. The number of benzene rings is 1. The largest absolute Gasteiger partial charge is 0.456 e. The highest BCUT2D eigenvalue weighted by Gasteiger charge is 2.46. The summed E-state index contributed by atoms with van der Waals surface area (Å²) in [4.78, 5) is 49.4. The molecule has 148 valence electrons. The molecule has 1 aliphatic heterocycles. The predicted molar refractivity (Wildman–Crippen MR) is 97.4 cm³/mol. The number of imide groups is 1. The Balaban J connectivity index is 1.43. The molecule has 2 aliphatic rings. The van der Waals surface area contributed by atoms with E-state index in [1.807, 2.05) is 12.2 Å². The first-order chi connectivity index (χ1) is 13.4. The molecule has 1 saturated heterocycles. The van der Waals surface area contributed by atoms with Gasteiger partial charge in [-0.15, -0.1) is 0 Å². The van der Waals surface area contributed by atoms with E-state index < -0.39 is 24.3 Å².